The van der Waals surface area contributed by atoms with E-state index in [0.29, 0.717) is 6.04 Å². The second-order valence-electron chi connectivity index (χ2n) is 4.50. The average molecular weight is 221 g/mol. The van der Waals surface area contributed by atoms with Crippen molar-refractivity contribution in [3.8, 4) is 0 Å². The number of nitrogens with one attached hydrogen (secondary N) is 1. The van der Waals surface area contributed by atoms with Gasteiger partial charge in [0.15, 0.2) is 0 Å². The van der Waals surface area contributed by atoms with Crippen LogP contribution in [0, 0.1) is 6.92 Å². The molecule has 0 fully saturated rings. The molecule has 1 N–H and O–H groups in total. The lowest BCUT2D eigenvalue weighted by atomic mass is 10.2. The van der Waals surface area contributed by atoms with E-state index in [1.54, 1.807) is 0 Å². The molecule has 0 saturated carbocycles. The van der Waals surface area contributed by atoms with Crippen LogP contribution in [-0.4, -0.2) is 19.2 Å². The summed E-state index contributed by atoms with van der Waals surface area (Å²) in [5.41, 5.74) is 2.55. The summed E-state index contributed by atoms with van der Waals surface area (Å²) in [5, 5.41) is 3.37. The normalized spacial score (nSPS) is 11.0. The summed E-state index contributed by atoms with van der Waals surface area (Å²) < 4.78 is 5.60. The minimum atomic E-state index is 0.567. The summed E-state index contributed by atoms with van der Waals surface area (Å²) in [7, 11) is 0. The zero-order valence-electron chi connectivity index (χ0n) is 10.6. The van der Waals surface area contributed by atoms with E-state index in [9.17, 15) is 0 Å². The van der Waals surface area contributed by atoms with E-state index in [2.05, 4.69) is 50.4 Å². The van der Waals surface area contributed by atoms with Gasteiger partial charge in [-0.3, -0.25) is 0 Å². The second-order valence-corrected chi connectivity index (χ2v) is 4.50. The highest BCUT2D eigenvalue weighted by atomic mass is 16.5. The topological polar surface area (TPSA) is 21.3 Å². The van der Waals surface area contributed by atoms with Crippen LogP contribution in [-0.2, 0) is 11.3 Å². The Morgan fingerprint density at radius 1 is 1.19 bits per heavy atom. The van der Waals surface area contributed by atoms with Gasteiger partial charge in [-0.25, -0.2) is 0 Å². The zero-order valence-corrected chi connectivity index (χ0v) is 10.6. The number of aryl methyl sites for hydroxylation is 1. The largest absolute Gasteiger partial charge is 0.377 e. The first kappa shape index (κ1) is 13.2. The van der Waals surface area contributed by atoms with Gasteiger partial charge in [-0.05, 0) is 25.5 Å². The predicted molar refractivity (Wildman–Crippen MR) is 68.6 cm³/mol. The predicted octanol–water partition coefficient (Wildman–Crippen LogP) is 2.90. The molecule has 0 unspecified atom stereocenters. The van der Waals surface area contributed by atoms with Crippen LogP contribution >= 0.6 is 0 Å². The lowest BCUT2D eigenvalue weighted by Gasteiger charge is -2.08. The van der Waals surface area contributed by atoms with Crippen LogP contribution < -0.4 is 5.32 Å². The maximum atomic E-state index is 5.60. The lowest BCUT2D eigenvalue weighted by Crippen LogP contribution is -2.24. The molecule has 0 aliphatic carbocycles. The maximum absolute atomic E-state index is 5.60. The first-order valence-electron chi connectivity index (χ1n) is 6.05. The summed E-state index contributed by atoms with van der Waals surface area (Å²) in [6.07, 6.45) is 1.07. The molecule has 2 nitrogen and oxygen atoms in total. The molecule has 0 radical (unpaired) electrons. The molecule has 0 aliphatic rings. The van der Waals surface area contributed by atoms with Gasteiger partial charge in [0.1, 0.15) is 0 Å². The molecular weight excluding hydrogens is 198 g/mol. The molecule has 0 aliphatic heterocycles. The minimum absolute atomic E-state index is 0.567. The van der Waals surface area contributed by atoms with E-state index in [4.69, 9.17) is 4.74 Å². The minimum Gasteiger partial charge on any atom is -0.377 e. The molecule has 1 aromatic rings. The fourth-order valence-electron chi connectivity index (χ4n) is 1.44. The molecule has 1 aromatic carbocycles. The summed E-state index contributed by atoms with van der Waals surface area (Å²) >= 11 is 0. The third kappa shape index (κ3) is 5.89. The molecule has 90 valence electrons. The van der Waals surface area contributed by atoms with Gasteiger partial charge >= 0.3 is 0 Å². The Kier molecular flexibility index (Phi) is 6.12. The number of hydrogen-bond donors (Lipinski definition) is 1. The summed E-state index contributed by atoms with van der Waals surface area (Å²) in [4.78, 5) is 0. The van der Waals surface area contributed by atoms with Gasteiger partial charge in [-0.2, -0.15) is 0 Å². The van der Waals surface area contributed by atoms with Crippen molar-refractivity contribution in [1.29, 1.82) is 0 Å². The van der Waals surface area contributed by atoms with E-state index < -0.39 is 0 Å². The highest BCUT2D eigenvalue weighted by Crippen LogP contribution is 2.04. The summed E-state index contributed by atoms with van der Waals surface area (Å²) in [6, 6.07) is 9.07. The molecule has 0 saturated heterocycles. The van der Waals surface area contributed by atoms with Crippen molar-refractivity contribution in [2.75, 3.05) is 13.2 Å². The molecule has 1 rings (SSSR count). The highest BCUT2D eigenvalue weighted by Gasteiger charge is 1.94. The Balaban J connectivity index is 2.05. The van der Waals surface area contributed by atoms with Crippen molar-refractivity contribution in [3.05, 3.63) is 35.4 Å². The van der Waals surface area contributed by atoms with Crippen molar-refractivity contribution in [2.24, 2.45) is 0 Å². The number of ether oxygens (including phenoxy) is 1. The van der Waals surface area contributed by atoms with Crippen LogP contribution in [0.15, 0.2) is 24.3 Å². The Morgan fingerprint density at radius 2 is 1.88 bits per heavy atom. The van der Waals surface area contributed by atoms with Crippen LogP contribution in [0.1, 0.15) is 31.4 Å². The Hall–Kier alpha value is -0.860. The molecular formula is C14H23NO. The molecule has 0 heterocycles. The third-order valence-corrected chi connectivity index (χ3v) is 2.41. The lowest BCUT2D eigenvalue weighted by molar-refractivity contribution is 0.118. The fourth-order valence-corrected chi connectivity index (χ4v) is 1.44. The standard InChI is InChI=1S/C14H23NO/c1-12(2)15-9-4-10-16-11-14-7-5-13(3)6-8-14/h5-8,12,15H,4,9-11H2,1-3H3. The Morgan fingerprint density at radius 3 is 2.50 bits per heavy atom. The van der Waals surface area contributed by atoms with Crippen molar-refractivity contribution < 1.29 is 4.74 Å². The van der Waals surface area contributed by atoms with Gasteiger partial charge in [-0.1, -0.05) is 43.7 Å². The van der Waals surface area contributed by atoms with Gasteiger partial charge in [0.2, 0.25) is 0 Å². The van der Waals surface area contributed by atoms with E-state index in [1.165, 1.54) is 11.1 Å². The van der Waals surface area contributed by atoms with Gasteiger partial charge in [0, 0.05) is 12.6 Å². The molecule has 0 aromatic heterocycles. The maximum Gasteiger partial charge on any atom is 0.0716 e. The molecule has 0 bridgehead atoms. The van der Waals surface area contributed by atoms with Crippen molar-refractivity contribution in [3.63, 3.8) is 0 Å². The quantitative estimate of drug-likeness (QED) is 0.715. The average Bonchev–Trinajstić information content (AvgIpc) is 2.25. The van der Waals surface area contributed by atoms with Gasteiger partial charge in [-0.15, -0.1) is 0 Å². The molecule has 16 heavy (non-hydrogen) atoms. The second kappa shape index (κ2) is 7.42. The highest BCUT2D eigenvalue weighted by molar-refractivity contribution is 5.20. The van der Waals surface area contributed by atoms with E-state index >= 15 is 0 Å². The molecule has 2 heteroatoms. The Bertz CT molecular complexity index is 279. The number of rotatable bonds is 7. The van der Waals surface area contributed by atoms with E-state index in [-0.39, 0.29) is 0 Å². The number of benzene rings is 1. The van der Waals surface area contributed by atoms with E-state index in [1.807, 2.05) is 0 Å². The summed E-state index contributed by atoms with van der Waals surface area (Å²) in [6.45, 7) is 9.00. The first-order chi connectivity index (χ1) is 7.68. The smallest absolute Gasteiger partial charge is 0.0716 e. The van der Waals surface area contributed by atoms with E-state index in [0.717, 1.165) is 26.2 Å². The van der Waals surface area contributed by atoms with Gasteiger partial charge in [0.05, 0.1) is 6.61 Å². The van der Waals surface area contributed by atoms with Crippen LogP contribution in [0.3, 0.4) is 0 Å². The van der Waals surface area contributed by atoms with Gasteiger partial charge < -0.3 is 10.1 Å². The Labute approximate surface area is 99.0 Å². The summed E-state index contributed by atoms with van der Waals surface area (Å²) in [5.74, 6) is 0. The molecule has 0 spiro atoms. The monoisotopic (exact) mass is 221 g/mol. The van der Waals surface area contributed by atoms with Gasteiger partial charge in [0.25, 0.3) is 0 Å². The third-order valence-electron chi connectivity index (χ3n) is 2.41. The SMILES string of the molecule is Cc1ccc(COCCCNC(C)C)cc1. The zero-order chi connectivity index (χ0) is 11.8. The number of hydrogen-bond acceptors (Lipinski definition) is 2. The molecule has 0 amide bonds. The van der Waals surface area contributed by atoms with Crippen LogP contribution in [0.25, 0.3) is 0 Å². The van der Waals surface area contributed by atoms with Crippen LogP contribution in [0.5, 0.6) is 0 Å². The van der Waals surface area contributed by atoms with Crippen molar-refractivity contribution >= 4 is 0 Å². The van der Waals surface area contributed by atoms with Crippen LogP contribution in [0.4, 0.5) is 0 Å². The van der Waals surface area contributed by atoms with Crippen LogP contribution in [0.2, 0.25) is 0 Å². The first-order valence-corrected chi connectivity index (χ1v) is 6.05. The van der Waals surface area contributed by atoms with Crippen molar-refractivity contribution in [2.45, 2.75) is 39.8 Å². The van der Waals surface area contributed by atoms with Crippen molar-refractivity contribution in [1.82, 2.24) is 5.32 Å². The fraction of sp³-hybridized carbons (Fsp3) is 0.571. The molecule has 0 atom stereocenters.